The van der Waals surface area contributed by atoms with Crippen LogP contribution in [0.4, 0.5) is 5.69 Å². The minimum absolute atomic E-state index is 0.0418. The number of rotatable bonds is 1. The summed E-state index contributed by atoms with van der Waals surface area (Å²) in [6, 6.07) is 10.9. The number of nitrogens with zero attached hydrogens (tertiary/aromatic N) is 3. The lowest BCUT2D eigenvalue weighted by Crippen LogP contribution is -2.53. The van der Waals surface area contributed by atoms with E-state index in [2.05, 4.69) is 34.2 Å². The van der Waals surface area contributed by atoms with Crippen molar-refractivity contribution in [2.24, 2.45) is 0 Å². The fourth-order valence-corrected chi connectivity index (χ4v) is 5.83. The fourth-order valence-electron chi connectivity index (χ4n) is 4.80. The maximum atomic E-state index is 12.9. The number of fused-ring (bicyclic) bond motifs is 4. The second kappa shape index (κ2) is 5.67. The van der Waals surface area contributed by atoms with Crippen LogP contribution in [0.1, 0.15) is 34.7 Å². The molecular weight excluding hydrogens is 356 g/mol. The van der Waals surface area contributed by atoms with Crippen molar-refractivity contribution < 1.29 is 0 Å². The number of thiophene rings is 1. The summed E-state index contributed by atoms with van der Waals surface area (Å²) in [5.74, 6) is 0.523. The molecule has 2 atom stereocenters. The number of hydrogen-bond donors (Lipinski definition) is 1. The van der Waals surface area contributed by atoms with Crippen molar-refractivity contribution in [3.8, 4) is 6.07 Å². The van der Waals surface area contributed by atoms with Gasteiger partial charge in [0.15, 0.2) is 0 Å². The van der Waals surface area contributed by atoms with Crippen LogP contribution in [0.3, 0.4) is 0 Å². The number of hydrogen-bond acceptors (Lipinski definition) is 5. The van der Waals surface area contributed by atoms with Crippen LogP contribution in [0.2, 0.25) is 0 Å². The van der Waals surface area contributed by atoms with Crippen LogP contribution in [0, 0.1) is 25.2 Å². The monoisotopic (exact) mass is 376 g/mol. The maximum absolute atomic E-state index is 12.9. The second-order valence-corrected chi connectivity index (χ2v) is 8.82. The molecular formula is C21H20N4OS. The van der Waals surface area contributed by atoms with Gasteiger partial charge in [-0.05, 0) is 43.9 Å². The third-order valence-electron chi connectivity index (χ3n) is 6.25. The Bertz CT molecular complexity index is 1170. The Morgan fingerprint density at radius 2 is 2.19 bits per heavy atom. The van der Waals surface area contributed by atoms with Gasteiger partial charge < -0.3 is 9.88 Å². The maximum Gasteiger partial charge on any atom is 0.259 e. The molecule has 0 unspecified atom stereocenters. The molecule has 4 heterocycles. The molecule has 0 saturated carbocycles. The van der Waals surface area contributed by atoms with Crippen LogP contribution in [-0.2, 0) is 11.8 Å². The van der Waals surface area contributed by atoms with E-state index in [1.807, 2.05) is 19.9 Å². The first-order chi connectivity index (χ1) is 13.0. The lowest BCUT2D eigenvalue weighted by atomic mass is 9.71. The zero-order valence-electron chi connectivity index (χ0n) is 15.4. The third kappa shape index (κ3) is 2.15. The predicted octanol–water partition coefficient (Wildman–Crippen LogP) is 3.59. The van der Waals surface area contributed by atoms with Gasteiger partial charge in [0, 0.05) is 23.5 Å². The number of aryl methyl sites for hydroxylation is 2. The normalized spacial score (nSPS) is 23.9. The van der Waals surface area contributed by atoms with Gasteiger partial charge in [-0.3, -0.25) is 4.79 Å². The summed E-state index contributed by atoms with van der Waals surface area (Å²) in [5.41, 5.74) is 2.40. The topological polar surface area (TPSA) is 72.8 Å². The first kappa shape index (κ1) is 16.5. The van der Waals surface area contributed by atoms with E-state index in [4.69, 9.17) is 4.98 Å². The molecule has 5 nitrogen and oxygen atoms in total. The van der Waals surface area contributed by atoms with Crippen LogP contribution in [0.25, 0.3) is 10.2 Å². The Morgan fingerprint density at radius 3 is 3.00 bits per heavy atom. The van der Waals surface area contributed by atoms with Crippen molar-refractivity contribution in [2.45, 2.75) is 44.6 Å². The Hall–Kier alpha value is -2.65. The van der Waals surface area contributed by atoms with E-state index < -0.39 is 5.41 Å². The molecule has 0 aliphatic carbocycles. The Morgan fingerprint density at radius 1 is 1.37 bits per heavy atom. The highest BCUT2D eigenvalue weighted by Gasteiger charge is 2.51. The van der Waals surface area contributed by atoms with Gasteiger partial charge >= 0.3 is 0 Å². The van der Waals surface area contributed by atoms with E-state index >= 15 is 0 Å². The standard InChI is InChI=1S/C21H20N4OS/c1-12-13(2)27-19-17(12)18(26)23-20(24-19)21(11-22)10-14-6-3-4-7-15(14)25-9-5-8-16(21)25/h3-4,6-7,16H,5,8-10H2,1-2H3,(H,23,24,26)/t16-,21-/m1/s1. The highest BCUT2D eigenvalue weighted by molar-refractivity contribution is 7.18. The first-order valence-corrected chi connectivity index (χ1v) is 10.1. The van der Waals surface area contributed by atoms with Crippen LogP contribution in [0.15, 0.2) is 29.1 Å². The molecule has 2 aliphatic heterocycles. The number of anilines is 1. The van der Waals surface area contributed by atoms with Crippen LogP contribution in [-0.4, -0.2) is 22.6 Å². The number of aromatic nitrogens is 2. The molecule has 1 N–H and O–H groups in total. The molecule has 1 aromatic carbocycles. The van der Waals surface area contributed by atoms with Gasteiger partial charge in [0.25, 0.3) is 5.56 Å². The summed E-state index contributed by atoms with van der Waals surface area (Å²) < 4.78 is 0. The van der Waals surface area contributed by atoms with Crippen molar-refractivity contribution in [3.63, 3.8) is 0 Å². The van der Waals surface area contributed by atoms with Crippen molar-refractivity contribution in [1.29, 1.82) is 5.26 Å². The summed E-state index contributed by atoms with van der Waals surface area (Å²) in [4.78, 5) is 24.9. The Kier molecular flexibility index (Phi) is 3.47. The average molecular weight is 376 g/mol. The molecule has 0 bridgehead atoms. The van der Waals surface area contributed by atoms with Gasteiger partial charge in [0.05, 0.1) is 17.5 Å². The van der Waals surface area contributed by atoms with E-state index in [0.717, 1.165) is 40.2 Å². The molecule has 1 fully saturated rings. The number of aromatic amines is 1. The van der Waals surface area contributed by atoms with Crippen LogP contribution >= 0.6 is 11.3 Å². The van der Waals surface area contributed by atoms with Crippen LogP contribution < -0.4 is 10.5 Å². The van der Waals surface area contributed by atoms with Crippen molar-refractivity contribution >= 4 is 27.2 Å². The summed E-state index contributed by atoms with van der Waals surface area (Å²) in [5, 5.41) is 11.0. The molecule has 0 spiro atoms. The number of nitriles is 1. The van der Waals surface area contributed by atoms with Crippen molar-refractivity contribution in [1.82, 2.24) is 9.97 Å². The predicted molar refractivity (Wildman–Crippen MR) is 108 cm³/mol. The van der Waals surface area contributed by atoms with E-state index in [1.54, 1.807) is 0 Å². The molecule has 136 valence electrons. The smallest absolute Gasteiger partial charge is 0.259 e. The highest BCUT2D eigenvalue weighted by Crippen LogP contribution is 2.46. The lowest BCUT2D eigenvalue weighted by molar-refractivity contribution is 0.390. The molecule has 0 amide bonds. The first-order valence-electron chi connectivity index (χ1n) is 9.31. The zero-order valence-corrected chi connectivity index (χ0v) is 16.2. The minimum Gasteiger partial charge on any atom is -0.366 e. The molecule has 2 aromatic heterocycles. The van der Waals surface area contributed by atoms with Gasteiger partial charge in [-0.1, -0.05) is 18.2 Å². The van der Waals surface area contributed by atoms with Gasteiger partial charge in [0.1, 0.15) is 16.1 Å². The van der Waals surface area contributed by atoms with E-state index in [1.165, 1.54) is 17.0 Å². The molecule has 1 saturated heterocycles. The summed E-state index contributed by atoms with van der Waals surface area (Å²) in [7, 11) is 0. The summed E-state index contributed by atoms with van der Waals surface area (Å²) >= 11 is 1.54. The second-order valence-electron chi connectivity index (χ2n) is 7.62. The van der Waals surface area contributed by atoms with E-state index in [0.29, 0.717) is 17.6 Å². The van der Waals surface area contributed by atoms with Gasteiger partial charge in [-0.15, -0.1) is 11.3 Å². The van der Waals surface area contributed by atoms with Crippen molar-refractivity contribution in [3.05, 3.63) is 56.4 Å². The average Bonchev–Trinajstić information content (AvgIpc) is 3.27. The van der Waals surface area contributed by atoms with Gasteiger partial charge in [0.2, 0.25) is 0 Å². The van der Waals surface area contributed by atoms with Gasteiger partial charge in [-0.25, -0.2) is 4.98 Å². The number of H-pyrrole nitrogens is 1. The fraction of sp³-hybridized carbons (Fsp3) is 0.381. The van der Waals surface area contributed by atoms with Crippen molar-refractivity contribution in [2.75, 3.05) is 11.4 Å². The van der Waals surface area contributed by atoms with E-state index in [9.17, 15) is 10.1 Å². The molecule has 0 radical (unpaired) electrons. The molecule has 27 heavy (non-hydrogen) atoms. The number of benzene rings is 1. The number of nitrogens with one attached hydrogen (secondary N) is 1. The Labute approximate surface area is 161 Å². The quantitative estimate of drug-likeness (QED) is 0.704. The highest BCUT2D eigenvalue weighted by atomic mass is 32.1. The lowest BCUT2D eigenvalue weighted by Gasteiger charge is -2.44. The van der Waals surface area contributed by atoms with Gasteiger partial charge in [-0.2, -0.15) is 5.26 Å². The molecule has 2 aliphatic rings. The Balaban J connectivity index is 1.77. The summed E-state index contributed by atoms with van der Waals surface area (Å²) in [6.07, 6.45) is 2.57. The minimum atomic E-state index is -0.829. The molecule has 3 aromatic rings. The largest absolute Gasteiger partial charge is 0.366 e. The summed E-state index contributed by atoms with van der Waals surface area (Å²) in [6.45, 7) is 4.91. The zero-order chi connectivity index (χ0) is 18.8. The molecule has 5 rings (SSSR count). The third-order valence-corrected chi connectivity index (χ3v) is 7.35. The van der Waals surface area contributed by atoms with E-state index in [-0.39, 0.29) is 11.6 Å². The number of para-hydroxylation sites is 1. The van der Waals surface area contributed by atoms with Crippen LogP contribution in [0.5, 0.6) is 0 Å². The SMILES string of the molecule is Cc1sc2nc([C@@]3(C#N)Cc4ccccc4N4CCC[C@@H]43)[nH]c(=O)c2c1C. The molecule has 6 heteroatoms.